The Labute approximate surface area is 135 Å². The number of nitrogen functional groups attached to an aromatic ring is 1. The van der Waals surface area contributed by atoms with Gasteiger partial charge in [-0.2, -0.15) is 0 Å². The lowest BCUT2D eigenvalue weighted by atomic mass is 9.91. The second kappa shape index (κ2) is 7.19. The first kappa shape index (κ1) is 16.2. The summed E-state index contributed by atoms with van der Waals surface area (Å²) in [6.07, 6.45) is 4.39. The molecule has 0 fully saturated rings. The van der Waals surface area contributed by atoms with E-state index >= 15 is 0 Å². The third-order valence-electron chi connectivity index (χ3n) is 3.74. The highest BCUT2D eigenvalue weighted by atomic mass is 35.5. The highest BCUT2D eigenvalue weighted by molar-refractivity contribution is 6.42. The van der Waals surface area contributed by atoms with Crippen LogP contribution in [0.3, 0.4) is 0 Å². The molecule has 2 rings (SSSR count). The monoisotopic (exact) mass is 326 g/mol. The number of hydrogen-bond acceptors (Lipinski definition) is 3. The maximum atomic E-state index is 6.11. The van der Waals surface area contributed by atoms with Crippen molar-refractivity contribution in [1.29, 1.82) is 0 Å². The molecule has 0 spiro atoms. The average Bonchev–Trinajstić information content (AvgIpc) is 2.85. The van der Waals surface area contributed by atoms with Crippen molar-refractivity contribution in [3.8, 4) is 11.1 Å². The first-order valence-electron chi connectivity index (χ1n) is 7.28. The molecule has 0 radical (unpaired) electrons. The van der Waals surface area contributed by atoms with Crippen molar-refractivity contribution >= 4 is 29.1 Å². The molecule has 0 saturated heterocycles. The Kier molecular flexibility index (Phi) is 5.54. The Balaban J connectivity index is 2.43. The van der Waals surface area contributed by atoms with Gasteiger partial charge in [0.05, 0.1) is 21.3 Å². The third kappa shape index (κ3) is 3.53. The Morgan fingerprint density at radius 2 is 2.00 bits per heavy atom. The van der Waals surface area contributed by atoms with E-state index in [1.165, 1.54) is 0 Å². The molecule has 5 heteroatoms. The fraction of sp³-hybridized carbons (Fsp3) is 0.438. The smallest absolute Gasteiger partial charge is 0.230 e. The van der Waals surface area contributed by atoms with Gasteiger partial charge in [-0.25, -0.2) is 0 Å². The average molecular weight is 327 g/mol. The van der Waals surface area contributed by atoms with E-state index in [9.17, 15) is 0 Å². The highest BCUT2D eigenvalue weighted by Gasteiger charge is 2.22. The fourth-order valence-corrected chi connectivity index (χ4v) is 2.82. The van der Waals surface area contributed by atoms with Gasteiger partial charge in [0.15, 0.2) is 0 Å². The van der Waals surface area contributed by atoms with E-state index in [1.54, 1.807) is 6.07 Å². The van der Waals surface area contributed by atoms with Gasteiger partial charge >= 0.3 is 0 Å². The van der Waals surface area contributed by atoms with Crippen molar-refractivity contribution in [1.82, 2.24) is 5.16 Å². The molecule has 0 aliphatic heterocycles. The van der Waals surface area contributed by atoms with E-state index in [0.717, 1.165) is 42.5 Å². The van der Waals surface area contributed by atoms with Gasteiger partial charge in [-0.3, -0.25) is 0 Å². The molecule has 0 saturated carbocycles. The van der Waals surface area contributed by atoms with Gasteiger partial charge in [-0.1, -0.05) is 61.1 Å². The van der Waals surface area contributed by atoms with Crippen molar-refractivity contribution < 1.29 is 4.52 Å². The van der Waals surface area contributed by atoms with Crippen molar-refractivity contribution in [2.45, 2.75) is 45.4 Å². The molecular weight excluding hydrogens is 307 g/mol. The molecule has 2 N–H and O–H groups in total. The molecule has 1 atom stereocenters. The predicted molar refractivity (Wildman–Crippen MR) is 88.9 cm³/mol. The summed E-state index contributed by atoms with van der Waals surface area (Å²) in [6.45, 7) is 4.34. The number of halogens is 2. The van der Waals surface area contributed by atoms with Crippen LogP contribution in [-0.4, -0.2) is 5.16 Å². The molecule has 114 valence electrons. The summed E-state index contributed by atoms with van der Waals surface area (Å²) < 4.78 is 5.23. The predicted octanol–water partition coefficient (Wildman–Crippen LogP) is 5.91. The molecule has 0 aliphatic rings. The number of nitrogens with two attached hydrogens (primary N) is 1. The number of anilines is 1. The summed E-state index contributed by atoms with van der Waals surface area (Å²) in [5, 5.41) is 5.22. The number of hydrogen-bond donors (Lipinski definition) is 1. The Morgan fingerprint density at radius 3 is 2.62 bits per heavy atom. The highest BCUT2D eigenvalue weighted by Crippen LogP contribution is 2.39. The number of rotatable bonds is 6. The van der Waals surface area contributed by atoms with Gasteiger partial charge in [0.1, 0.15) is 0 Å². The van der Waals surface area contributed by atoms with E-state index in [4.69, 9.17) is 33.5 Å². The van der Waals surface area contributed by atoms with Crippen LogP contribution in [0.2, 0.25) is 10.0 Å². The van der Waals surface area contributed by atoms with Gasteiger partial charge in [0.2, 0.25) is 5.88 Å². The quantitative estimate of drug-likeness (QED) is 0.717. The van der Waals surface area contributed by atoms with Crippen LogP contribution in [0, 0.1) is 0 Å². The molecule has 1 unspecified atom stereocenters. The minimum absolute atomic E-state index is 0.332. The standard InChI is InChI=1S/C16H20Cl2N2O/c1-3-5-6-10(4-2)15-14(16(19)21-20-15)11-7-8-12(17)13(18)9-11/h7-10H,3-6,19H2,1-2H3. The van der Waals surface area contributed by atoms with Crippen LogP contribution in [-0.2, 0) is 0 Å². The molecule has 1 aromatic heterocycles. The second-order valence-corrected chi connectivity index (χ2v) is 6.00. The van der Waals surface area contributed by atoms with E-state index in [-0.39, 0.29) is 0 Å². The molecule has 3 nitrogen and oxygen atoms in total. The van der Waals surface area contributed by atoms with E-state index in [0.29, 0.717) is 21.8 Å². The van der Waals surface area contributed by atoms with Gasteiger partial charge < -0.3 is 10.3 Å². The van der Waals surface area contributed by atoms with Crippen molar-refractivity contribution in [3.05, 3.63) is 33.9 Å². The van der Waals surface area contributed by atoms with Crippen LogP contribution in [0.4, 0.5) is 5.88 Å². The minimum atomic E-state index is 0.332. The number of nitrogens with zero attached hydrogens (tertiary/aromatic N) is 1. The molecule has 2 aromatic rings. The molecule has 1 heterocycles. The van der Waals surface area contributed by atoms with Crippen LogP contribution in [0.25, 0.3) is 11.1 Å². The van der Waals surface area contributed by atoms with Crippen molar-refractivity contribution in [3.63, 3.8) is 0 Å². The summed E-state index contributed by atoms with van der Waals surface area (Å²) in [5.74, 6) is 0.675. The van der Waals surface area contributed by atoms with Crippen LogP contribution >= 0.6 is 23.2 Å². The van der Waals surface area contributed by atoms with Gasteiger partial charge in [0.25, 0.3) is 0 Å². The molecular formula is C16H20Cl2N2O. The summed E-state index contributed by atoms with van der Waals surface area (Å²) in [4.78, 5) is 0. The van der Waals surface area contributed by atoms with Crippen LogP contribution in [0.15, 0.2) is 22.7 Å². The number of aromatic nitrogens is 1. The SMILES string of the molecule is CCCCC(CC)c1noc(N)c1-c1ccc(Cl)c(Cl)c1. The molecule has 0 amide bonds. The normalized spacial score (nSPS) is 12.6. The first-order valence-corrected chi connectivity index (χ1v) is 8.04. The van der Waals surface area contributed by atoms with E-state index < -0.39 is 0 Å². The van der Waals surface area contributed by atoms with E-state index in [2.05, 4.69) is 19.0 Å². The van der Waals surface area contributed by atoms with Gasteiger partial charge in [-0.05, 0) is 30.5 Å². The van der Waals surface area contributed by atoms with Crippen LogP contribution in [0.1, 0.15) is 51.1 Å². The second-order valence-electron chi connectivity index (χ2n) is 5.18. The molecule has 0 bridgehead atoms. The lowest BCUT2D eigenvalue weighted by molar-refractivity contribution is 0.412. The van der Waals surface area contributed by atoms with E-state index in [1.807, 2.05) is 12.1 Å². The Bertz CT molecular complexity index is 610. The Morgan fingerprint density at radius 1 is 1.24 bits per heavy atom. The van der Waals surface area contributed by atoms with Crippen molar-refractivity contribution in [2.24, 2.45) is 0 Å². The largest absolute Gasteiger partial charge is 0.367 e. The van der Waals surface area contributed by atoms with Crippen molar-refractivity contribution in [2.75, 3.05) is 5.73 Å². The lowest BCUT2D eigenvalue weighted by Crippen LogP contribution is -2.00. The zero-order valence-electron chi connectivity index (χ0n) is 12.3. The first-order chi connectivity index (χ1) is 10.1. The lowest BCUT2D eigenvalue weighted by Gasteiger charge is -2.13. The van der Waals surface area contributed by atoms with Crippen LogP contribution < -0.4 is 5.73 Å². The topological polar surface area (TPSA) is 52.0 Å². The zero-order chi connectivity index (χ0) is 15.4. The number of benzene rings is 1. The van der Waals surface area contributed by atoms with Gasteiger partial charge in [-0.15, -0.1) is 0 Å². The zero-order valence-corrected chi connectivity index (χ0v) is 13.8. The van der Waals surface area contributed by atoms with Gasteiger partial charge in [0, 0.05) is 5.92 Å². The molecule has 1 aromatic carbocycles. The van der Waals surface area contributed by atoms with Crippen LogP contribution in [0.5, 0.6) is 0 Å². The summed E-state index contributed by atoms with van der Waals surface area (Å²) in [5.41, 5.74) is 8.64. The summed E-state index contributed by atoms with van der Waals surface area (Å²) in [7, 11) is 0. The molecule has 21 heavy (non-hydrogen) atoms. The number of unbranched alkanes of at least 4 members (excludes halogenated alkanes) is 1. The molecule has 0 aliphatic carbocycles. The fourth-order valence-electron chi connectivity index (χ4n) is 2.52. The maximum Gasteiger partial charge on any atom is 0.230 e. The minimum Gasteiger partial charge on any atom is -0.367 e. The summed E-state index contributed by atoms with van der Waals surface area (Å²) >= 11 is 12.1. The third-order valence-corrected chi connectivity index (χ3v) is 4.48. The Hall–Kier alpha value is -1.19. The maximum absolute atomic E-state index is 6.11. The summed E-state index contributed by atoms with van der Waals surface area (Å²) in [6, 6.07) is 5.47.